The van der Waals surface area contributed by atoms with E-state index in [4.69, 9.17) is 4.74 Å². The average Bonchev–Trinajstić information content (AvgIpc) is 3.10. The molecule has 1 atom stereocenters. The molecule has 2 aliphatic rings. The second-order valence-electron chi connectivity index (χ2n) is 8.52. The van der Waals surface area contributed by atoms with Crippen LogP contribution in [-0.4, -0.2) is 69.9 Å². The largest absolute Gasteiger partial charge is 0.497 e. The summed E-state index contributed by atoms with van der Waals surface area (Å²) in [7, 11) is -2.12. The van der Waals surface area contributed by atoms with Gasteiger partial charge < -0.3 is 14.5 Å². The molecular weight excluding hydrogens is 445 g/mol. The summed E-state index contributed by atoms with van der Waals surface area (Å²) >= 11 is 0. The van der Waals surface area contributed by atoms with E-state index in [9.17, 15) is 17.6 Å². The molecule has 0 bridgehead atoms. The summed E-state index contributed by atoms with van der Waals surface area (Å²) in [5.41, 5.74) is 1.10. The smallest absolute Gasteiger partial charge is 0.243 e. The van der Waals surface area contributed by atoms with E-state index in [2.05, 4.69) is 4.90 Å². The average molecular weight is 476 g/mol. The van der Waals surface area contributed by atoms with Crippen molar-refractivity contribution < 1.29 is 22.3 Å². The summed E-state index contributed by atoms with van der Waals surface area (Å²) in [5, 5.41) is 0. The highest BCUT2D eigenvalue weighted by atomic mass is 32.2. The molecule has 0 aliphatic carbocycles. The van der Waals surface area contributed by atoms with Crippen LogP contribution in [0.15, 0.2) is 53.4 Å². The number of amides is 1. The Morgan fingerprint density at radius 1 is 0.939 bits per heavy atom. The molecule has 2 fully saturated rings. The Morgan fingerprint density at radius 3 is 2.36 bits per heavy atom. The van der Waals surface area contributed by atoms with Gasteiger partial charge in [0.1, 0.15) is 11.6 Å². The van der Waals surface area contributed by atoms with Crippen molar-refractivity contribution in [3.05, 3.63) is 54.3 Å². The number of carbonyl (C=O) groups is 1. The fraction of sp³-hybridized carbons (Fsp3) is 0.458. The maximum absolute atomic E-state index is 13.3. The van der Waals surface area contributed by atoms with Crippen molar-refractivity contribution >= 4 is 21.6 Å². The highest BCUT2D eigenvalue weighted by molar-refractivity contribution is 7.89. The number of nitrogens with zero attached hydrogens (tertiary/aromatic N) is 3. The van der Waals surface area contributed by atoms with Gasteiger partial charge in [0, 0.05) is 45.0 Å². The summed E-state index contributed by atoms with van der Waals surface area (Å²) in [5.74, 6) is -0.0135. The van der Waals surface area contributed by atoms with Crippen molar-refractivity contribution in [3.8, 4) is 5.75 Å². The van der Waals surface area contributed by atoms with Gasteiger partial charge in [-0.25, -0.2) is 12.8 Å². The minimum atomic E-state index is -3.76. The lowest BCUT2D eigenvalue weighted by molar-refractivity contribution is -0.136. The molecule has 4 rings (SSSR count). The summed E-state index contributed by atoms with van der Waals surface area (Å²) in [6, 6.07) is 12.8. The van der Waals surface area contributed by atoms with Crippen LogP contribution in [0.2, 0.25) is 0 Å². The van der Waals surface area contributed by atoms with Crippen LogP contribution in [0.4, 0.5) is 10.1 Å². The Morgan fingerprint density at radius 2 is 1.67 bits per heavy atom. The van der Waals surface area contributed by atoms with Crippen LogP contribution in [0.25, 0.3) is 0 Å². The third-order valence-electron chi connectivity index (χ3n) is 6.43. The second kappa shape index (κ2) is 10.1. The van der Waals surface area contributed by atoms with E-state index in [1.165, 1.54) is 16.4 Å². The normalized spacial score (nSPS) is 20.4. The van der Waals surface area contributed by atoms with Crippen LogP contribution >= 0.6 is 0 Å². The minimum Gasteiger partial charge on any atom is -0.497 e. The second-order valence-corrected chi connectivity index (χ2v) is 10.5. The first kappa shape index (κ1) is 23.5. The van der Waals surface area contributed by atoms with Crippen LogP contribution < -0.4 is 9.64 Å². The Labute approximate surface area is 194 Å². The first-order chi connectivity index (χ1) is 15.9. The minimum absolute atomic E-state index is 0.0191. The molecule has 2 aromatic carbocycles. The Hall–Kier alpha value is -2.65. The predicted octanol–water partition coefficient (Wildman–Crippen LogP) is 2.97. The first-order valence-electron chi connectivity index (χ1n) is 11.3. The van der Waals surface area contributed by atoms with Gasteiger partial charge in [0.25, 0.3) is 0 Å². The Kier molecular flexibility index (Phi) is 7.19. The van der Waals surface area contributed by atoms with Gasteiger partial charge in [0.15, 0.2) is 0 Å². The summed E-state index contributed by atoms with van der Waals surface area (Å²) in [4.78, 5) is 17.5. The zero-order valence-corrected chi connectivity index (χ0v) is 19.6. The molecule has 2 saturated heterocycles. The monoisotopic (exact) mass is 475 g/mol. The lowest BCUT2D eigenvalue weighted by Crippen LogP contribution is -2.47. The number of methoxy groups -OCH3 is 1. The van der Waals surface area contributed by atoms with Gasteiger partial charge in [0.05, 0.1) is 17.9 Å². The fourth-order valence-electron chi connectivity index (χ4n) is 4.57. The van der Waals surface area contributed by atoms with Gasteiger partial charge in [0.2, 0.25) is 15.9 Å². The number of hydrogen-bond donors (Lipinski definition) is 0. The Balaban J connectivity index is 1.39. The van der Waals surface area contributed by atoms with Crippen LogP contribution in [0.3, 0.4) is 0 Å². The van der Waals surface area contributed by atoms with E-state index in [1.54, 1.807) is 7.11 Å². The van der Waals surface area contributed by atoms with E-state index in [0.29, 0.717) is 32.5 Å². The molecule has 0 spiro atoms. The van der Waals surface area contributed by atoms with E-state index < -0.39 is 15.8 Å². The molecule has 9 heteroatoms. The van der Waals surface area contributed by atoms with Gasteiger partial charge in [-0.05, 0) is 67.8 Å². The van der Waals surface area contributed by atoms with Crippen LogP contribution in [0.1, 0.15) is 19.3 Å². The van der Waals surface area contributed by atoms with Crippen LogP contribution in [0.5, 0.6) is 5.75 Å². The van der Waals surface area contributed by atoms with Crippen molar-refractivity contribution in [2.75, 3.05) is 51.3 Å². The van der Waals surface area contributed by atoms with E-state index in [1.807, 2.05) is 29.2 Å². The van der Waals surface area contributed by atoms with Gasteiger partial charge in [-0.3, -0.25) is 4.79 Å². The number of hydrogen-bond acceptors (Lipinski definition) is 5. The molecule has 1 unspecified atom stereocenters. The number of benzene rings is 2. The molecule has 0 N–H and O–H groups in total. The summed E-state index contributed by atoms with van der Waals surface area (Å²) in [6.07, 6.45) is 2.15. The standard InChI is InChI=1S/C24H30FN3O4S/c1-32-22-9-7-21(8-10-22)26-13-3-14-27(17-16-26)24(29)19-4-2-15-28(18-19)33(30,31)23-11-5-20(25)6-12-23/h5-12,19H,2-4,13-18H2,1H3. The third-order valence-corrected chi connectivity index (χ3v) is 8.31. The molecular formula is C24H30FN3O4S. The molecule has 178 valence electrons. The highest BCUT2D eigenvalue weighted by Gasteiger charge is 2.35. The quantitative estimate of drug-likeness (QED) is 0.665. The molecule has 33 heavy (non-hydrogen) atoms. The van der Waals surface area contributed by atoms with Crippen LogP contribution in [-0.2, 0) is 14.8 Å². The highest BCUT2D eigenvalue weighted by Crippen LogP contribution is 2.26. The Bertz CT molecular complexity index is 1060. The number of piperidine rings is 1. The first-order valence-corrected chi connectivity index (χ1v) is 12.8. The SMILES string of the molecule is COc1ccc(N2CCCN(C(=O)C3CCCN(S(=O)(=O)c4ccc(F)cc4)C3)CC2)cc1. The molecule has 2 heterocycles. The summed E-state index contributed by atoms with van der Waals surface area (Å²) < 4.78 is 45.8. The maximum Gasteiger partial charge on any atom is 0.243 e. The topological polar surface area (TPSA) is 70.2 Å². The number of sulfonamides is 1. The van der Waals surface area contributed by atoms with Crippen molar-refractivity contribution in [3.63, 3.8) is 0 Å². The maximum atomic E-state index is 13.3. The molecule has 2 aromatic rings. The van der Waals surface area contributed by atoms with Crippen molar-refractivity contribution in [2.45, 2.75) is 24.2 Å². The van der Waals surface area contributed by atoms with Gasteiger partial charge in [-0.15, -0.1) is 0 Å². The van der Waals surface area contributed by atoms with Gasteiger partial charge >= 0.3 is 0 Å². The van der Waals surface area contributed by atoms with Crippen molar-refractivity contribution in [1.82, 2.24) is 9.21 Å². The fourth-order valence-corrected chi connectivity index (χ4v) is 6.09. The third kappa shape index (κ3) is 5.30. The van der Waals surface area contributed by atoms with E-state index >= 15 is 0 Å². The number of ether oxygens (including phenoxy) is 1. The summed E-state index contributed by atoms with van der Waals surface area (Å²) in [6.45, 7) is 3.37. The molecule has 0 aromatic heterocycles. The van der Waals surface area contributed by atoms with Crippen LogP contribution in [0, 0.1) is 11.7 Å². The number of halogens is 1. The molecule has 0 radical (unpaired) electrons. The van der Waals surface area contributed by atoms with E-state index in [-0.39, 0.29) is 23.3 Å². The van der Waals surface area contributed by atoms with Crippen molar-refractivity contribution in [2.24, 2.45) is 5.92 Å². The molecule has 2 aliphatic heterocycles. The molecule has 1 amide bonds. The number of rotatable bonds is 5. The number of carbonyl (C=O) groups excluding carboxylic acids is 1. The molecule has 7 nitrogen and oxygen atoms in total. The lowest BCUT2D eigenvalue weighted by Gasteiger charge is -2.34. The van der Waals surface area contributed by atoms with Gasteiger partial charge in [-0.1, -0.05) is 0 Å². The predicted molar refractivity (Wildman–Crippen MR) is 124 cm³/mol. The zero-order chi connectivity index (χ0) is 23.4. The molecule has 0 saturated carbocycles. The van der Waals surface area contributed by atoms with Gasteiger partial charge in [-0.2, -0.15) is 4.31 Å². The van der Waals surface area contributed by atoms with E-state index in [0.717, 1.165) is 43.1 Å². The number of anilines is 1. The zero-order valence-electron chi connectivity index (χ0n) is 18.8. The van der Waals surface area contributed by atoms with Crippen molar-refractivity contribution in [1.29, 1.82) is 0 Å². The lowest BCUT2D eigenvalue weighted by atomic mass is 9.98.